The number of hydrogen-bond donors (Lipinski definition) is 1. The molecule has 0 saturated heterocycles. The molecular weight excluding hydrogens is 498 g/mol. The van der Waals surface area contributed by atoms with Crippen molar-refractivity contribution in [3.63, 3.8) is 0 Å². The quantitative estimate of drug-likeness (QED) is 0.198. The first kappa shape index (κ1) is 27.2. The highest BCUT2D eigenvalue weighted by molar-refractivity contribution is 6.04. The highest BCUT2D eigenvalue weighted by Gasteiger charge is 2.33. The Kier molecular flexibility index (Phi) is 7.76. The van der Waals surface area contributed by atoms with Crippen LogP contribution in [0.25, 0.3) is 27.7 Å². The van der Waals surface area contributed by atoms with Gasteiger partial charge in [-0.25, -0.2) is 4.79 Å². The average Bonchev–Trinajstić information content (AvgIpc) is 3.33. The second kappa shape index (κ2) is 11.4. The molecule has 1 heterocycles. The fraction of sp³-hybridized carbons (Fsp3) is 0.229. The van der Waals surface area contributed by atoms with Gasteiger partial charge in [-0.05, 0) is 60.9 Å². The number of aliphatic hydroxyl groups excluding tert-OH is 1. The lowest BCUT2D eigenvalue weighted by Crippen LogP contribution is -2.23. The van der Waals surface area contributed by atoms with Gasteiger partial charge in [-0.15, -0.1) is 0 Å². The lowest BCUT2D eigenvalue weighted by Gasteiger charge is -2.28. The van der Waals surface area contributed by atoms with Crippen LogP contribution in [0.3, 0.4) is 0 Å². The van der Waals surface area contributed by atoms with E-state index in [-0.39, 0.29) is 12.6 Å². The molecule has 0 aliphatic carbocycles. The second-order valence-corrected chi connectivity index (χ2v) is 10.7. The van der Waals surface area contributed by atoms with Crippen molar-refractivity contribution in [2.45, 2.75) is 39.2 Å². The van der Waals surface area contributed by atoms with E-state index in [1.807, 2.05) is 42.5 Å². The molecule has 4 aromatic carbocycles. The van der Waals surface area contributed by atoms with Crippen LogP contribution in [-0.4, -0.2) is 29.4 Å². The summed E-state index contributed by atoms with van der Waals surface area (Å²) in [6, 6.07) is 32.3. The van der Waals surface area contributed by atoms with E-state index < -0.39 is 5.41 Å². The zero-order valence-electron chi connectivity index (χ0n) is 23.5. The monoisotopic (exact) mass is 533 g/mol. The van der Waals surface area contributed by atoms with Crippen molar-refractivity contribution in [3.05, 3.63) is 119 Å². The third kappa shape index (κ3) is 5.25. The third-order valence-corrected chi connectivity index (χ3v) is 7.46. The molecule has 0 fully saturated rings. The Morgan fingerprint density at radius 1 is 0.875 bits per heavy atom. The van der Waals surface area contributed by atoms with E-state index in [9.17, 15) is 9.90 Å². The van der Waals surface area contributed by atoms with E-state index in [4.69, 9.17) is 9.47 Å². The summed E-state index contributed by atoms with van der Waals surface area (Å²) < 4.78 is 13.7. The van der Waals surface area contributed by atoms with Gasteiger partial charge in [-0.3, -0.25) is 0 Å². The summed E-state index contributed by atoms with van der Waals surface area (Å²) in [7, 11) is 1.39. The molecule has 0 aliphatic rings. The summed E-state index contributed by atoms with van der Waals surface area (Å²) in [6.07, 6.45) is 0.572. The maximum atomic E-state index is 12.2. The van der Waals surface area contributed by atoms with Crippen LogP contribution in [0.2, 0.25) is 0 Å². The van der Waals surface area contributed by atoms with Crippen molar-refractivity contribution < 1.29 is 19.4 Å². The predicted octanol–water partition coefficient (Wildman–Crippen LogP) is 7.63. The van der Waals surface area contributed by atoms with E-state index >= 15 is 0 Å². The van der Waals surface area contributed by atoms with Crippen LogP contribution in [0, 0.1) is 6.92 Å². The Morgan fingerprint density at radius 3 is 2.23 bits per heavy atom. The highest BCUT2D eigenvalue weighted by atomic mass is 16.5. The van der Waals surface area contributed by atoms with Gasteiger partial charge in [-0.1, -0.05) is 80.1 Å². The van der Waals surface area contributed by atoms with Gasteiger partial charge in [-0.2, -0.15) is 0 Å². The number of aryl methyl sites for hydroxylation is 1. The minimum Gasteiger partial charge on any atom is -0.488 e. The maximum Gasteiger partial charge on any atom is 0.337 e. The molecule has 0 atom stereocenters. The average molecular weight is 534 g/mol. The van der Waals surface area contributed by atoms with Crippen LogP contribution in [0.5, 0.6) is 5.75 Å². The molecule has 5 rings (SSSR count). The molecule has 0 aliphatic heterocycles. The number of rotatable bonds is 9. The molecule has 0 unspecified atom stereocenters. The molecule has 5 nitrogen and oxygen atoms in total. The minimum absolute atomic E-state index is 0.0561. The van der Waals surface area contributed by atoms with Crippen LogP contribution in [0.1, 0.15) is 47.4 Å². The molecule has 0 spiro atoms. The second-order valence-electron chi connectivity index (χ2n) is 10.7. The number of nitrogens with zero attached hydrogens (tertiary/aromatic N) is 1. The predicted molar refractivity (Wildman–Crippen MR) is 160 cm³/mol. The molecule has 0 saturated carbocycles. The summed E-state index contributed by atoms with van der Waals surface area (Å²) in [5, 5.41) is 11.1. The van der Waals surface area contributed by atoms with E-state index in [2.05, 4.69) is 67.8 Å². The molecule has 204 valence electrons. The Labute approximate surface area is 235 Å². The van der Waals surface area contributed by atoms with Crippen molar-refractivity contribution in [2.75, 3.05) is 13.7 Å². The molecule has 0 radical (unpaired) electrons. The van der Waals surface area contributed by atoms with Gasteiger partial charge < -0.3 is 19.1 Å². The van der Waals surface area contributed by atoms with E-state index in [0.717, 1.165) is 44.7 Å². The molecule has 0 bridgehead atoms. The van der Waals surface area contributed by atoms with Crippen molar-refractivity contribution in [1.82, 2.24) is 4.57 Å². The number of hydrogen-bond acceptors (Lipinski definition) is 4. The minimum atomic E-state index is -0.397. The highest BCUT2D eigenvalue weighted by Crippen LogP contribution is 2.47. The molecular formula is C35H35NO4. The summed E-state index contributed by atoms with van der Waals surface area (Å²) in [5.74, 6) is 0.404. The molecule has 40 heavy (non-hydrogen) atoms. The molecule has 1 aromatic heterocycles. The lowest BCUT2D eigenvalue weighted by atomic mass is 9.81. The summed E-state index contributed by atoms with van der Waals surface area (Å²) in [6.45, 7) is 6.90. The van der Waals surface area contributed by atoms with Gasteiger partial charge >= 0.3 is 5.97 Å². The van der Waals surface area contributed by atoms with Crippen molar-refractivity contribution >= 4 is 16.9 Å². The fourth-order valence-electron chi connectivity index (χ4n) is 5.34. The first-order valence-corrected chi connectivity index (χ1v) is 13.6. The van der Waals surface area contributed by atoms with Crippen LogP contribution >= 0.6 is 0 Å². The van der Waals surface area contributed by atoms with Crippen molar-refractivity contribution in [2.24, 2.45) is 0 Å². The summed E-state index contributed by atoms with van der Waals surface area (Å²) >= 11 is 0. The topological polar surface area (TPSA) is 60.7 Å². The first-order valence-electron chi connectivity index (χ1n) is 13.6. The Bertz CT molecular complexity index is 1610. The van der Waals surface area contributed by atoms with Crippen LogP contribution in [0.4, 0.5) is 0 Å². The number of ether oxygens (including phenoxy) is 2. The largest absolute Gasteiger partial charge is 0.488 e. The number of benzene rings is 4. The number of esters is 1. The number of carbonyl (C=O) groups excluding carboxylic acids is 1. The molecule has 1 N–H and O–H groups in total. The number of aliphatic hydroxyl groups is 1. The van der Waals surface area contributed by atoms with Gasteiger partial charge in [0.15, 0.2) is 0 Å². The van der Waals surface area contributed by atoms with E-state index in [0.29, 0.717) is 18.6 Å². The molecule has 5 aromatic rings. The zero-order valence-corrected chi connectivity index (χ0v) is 23.5. The summed E-state index contributed by atoms with van der Waals surface area (Å²) in [5.41, 5.74) is 7.47. The van der Waals surface area contributed by atoms with E-state index in [1.54, 1.807) is 12.1 Å². The van der Waals surface area contributed by atoms with Gasteiger partial charge in [0.1, 0.15) is 12.4 Å². The Hall–Kier alpha value is -4.35. The van der Waals surface area contributed by atoms with Crippen LogP contribution in [0.15, 0.2) is 97.1 Å². The molecule has 0 amide bonds. The maximum absolute atomic E-state index is 12.2. The normalized spacial score (nSPS) is 11.5. The van der Waals surface area contributed by atoms with Crippen molar-refractivity contribution in [3.8, 4) is 22.6 Å². The Balaban J connectivity index is 1.82. The molecule has 5 heteroatoms. The van der Waals surface area contributed by atoms with Gasteiger partial charge in [0.05, 0.1) is 23.6 Å². The van der Waals surface area contributed by atoms with Crippen LogP contribution < -0.4 is 4.74 Å². The van der Waals surface area contributed by atoms with Crippen LogP contribution in [-0.2, 0) is 16.8 Å². The smallest absolute Gasteiger partial charge is 0.337 e. The SMILES string of the molecule is COC(=O)c1ccc(-c2c(C(C)(C)CCO)n(-c3ccc(C)cc3)c3cccc(OCc4ccccc4)c23)cc1. The third-order valence-electron chi connectivity index (χ3n) is 7.46. The lowest BCUT2D eigenvalue weighted by molar-refractivity contribution is 0.0600. The number of aromatic nitrogens is 1. The van der Waals surface area contributed by atoms with E-state index in [1.165, 1.54) is 12.7 Å². The van der Waals surface area contributed by atoms with Crippen molar-refractivity contribution in [1.29, 1.82) is 0 Å². The first-order chi connectivity index (χ1) is 19.3. The number of carbonyl (C=O) groups is 1. The summed E-state index contributed by atoms with van der Waals surface area (Å²) in [4.78, 5) is 12.2. The van der Waals surface area contributed by atoms with Gasteiger partial charge in [0.2, 0.25) is 0 Å². The number of fused-ring (bicyclic) bond motifs is 1. The van der Waals surface area contributed by atoms with Gasteiger partial charge in [0, 0.05) is 29.0 Å². The van der Waals surface area contributed by atoms with Gasteiger partial charge in [0.25, 0.3) is 0 Å². The standard InChI is InChI=1S/C35H35NO4/c1-24-13-19-28(20-14-24)36-29-11-8-12-30(40-23-25-9-6-5-7-10-25)32(29)31(33(36)35(2,3)21-22-37)26-15-17-27(18-16-26)34(38)39-4/h5-20,37H,21-23H2,1-4H3. The number of methoxy groups -OCH3 is 1. The Morgan fingerprint density at radius 2 is 1.57 bits per heavy atom. The fourth-order valence-corrected chi connectivity index (χ4v) is 5.34. The zero-order chi connectivity index (χ0) is 28.3.